The van der Waals surface area contributed by atoms with Gasteiger partial charge in [0.15, 0.2) is 0 Å². The van der Waals surface area contributed by atoms with E-state index < -0.39 is 6.10 Å². The summed E-state index contributed by atoms with van der Waals surface area (Å²) in [7, 11) is 1.59. The van der Waals surface area contributed by atoms with Crippen LogP contribution in [0, 0.1) is 0 Å². The van der Waals surface area contributed by atoms with E-state index in [0.717, 1.165) is 0 Å². The monoisotopic (exact) mass is 289 g/mol. The lowest BCUT2D eigenvalue weighted by atomic mass is 10.3. The van der Waals surface area contributed by atoms with E-state index in [4.69, 9.17) is 19.9 Å². The summed E-state index contributed by atoms with van der Waals surface area (Å²) < 4.78 is 16.0. The first-order valence-electron chi connectivity index (χ1n) is 6.60. The summed E-state index contributed by atoms with van der Waals surface area (Å²) in [5, 5.41) is 9.85. The molecule has 2 rings (SSSR count). The van der Waals surface area contributed by atoms with Crippen molar-refractivity contribution >= 4 is 5.69 Å². The predicted molar refractivity (Wildman–Crippen MR) is 80.8 cm³/mol. The van der Waals surface area contributed by atoms with E-state index in [0.29, 0.717) is 22.9 Å². The highest BCUT2D eigenvalue weighted by atomic mass is 16.5. The Morgan fingerprint density at radius 3 is 2.24 bits per heavy atom. The molecule has 0 radical (unpaired) electrons. The first-order chi connectivity index (χ1) is 10.2. The molecule has 0 bridgehead atoms. The van der Waals surface area contributed by atoms with Gasteiger partial charge < -0.3 is 25.1 Å². The van der Waals surface area contributed by atoms with Crippen molar-refractivity contribution in [2.24, 2.45) is 0 Å². The van der Waals surface area contributed by atoms with Gasteiger partial charge in [0, 0.05) is 11.8 Å². The number of hydrogen-bond donors (Lipinski definition) is 2. The Bertz CT molecular complexity index is 556. The topological polar surface area (TPSA) is 73.9 Å². The molecule has 0 aliphatic carbocycles. The summed E-state index contributed by atoms with van der Waals surface area (Å²) in [4.78, 5) is 0. The van der Waals surface area contributed by atoms with Crippen molar-refractivity contribution in [3.63, 3.8) is 0 Å². The molecular weight excluding hydrogens is 270 g/mol. The lowest BCUT2D eigenvalue weighted by molar-refractivity contribution is 0.0626. The zero-order chi connectivity index (χ0) is 15.1. The highest BCUT2D eigenvalue weighted by Gasteiger charge is 2.07. The van der Waals surface area contributed by atoms with Crippen LogP contribution >= 0.6 is 0 Å². The molecule has 1 unspecified atom stereocenters. The summed E-state index contributed by atoms with van der Waals surface area (Å²) in [5.74, 6) is 2.01. The fourth-order valence-corrected chi connectivity index (χ4v) is 1.69. The van der Waals surface area contributed by atoms with Crippen molar-refractivity contribution in [2.75, 3.05) is 26.1 Å². The molecule has 5 heteroatoms. The molecule has 0 saturated carbocycles. The van der Waals surface area contributed by atoms with Crippen LogP contribution in [0.2, 0.25) is 0 Å². The van der Waals surface area contributed by atoms with E-state index in [2.05, 4.69) is 0 Å². The Balaban J connectivity index is 1.76. The normalized spacial score (nSPS) is 11.7. The molecule has 2 aromatic rings. The molecule has 0 heterocycles. The molecule has 0 spiro atoms. The molecular formula is C16H19NO4. The standard InChI is InChI=1S/C16H19NO4/c1-19-15-3-2-4-16(9-15)21-11-13(18)10-20-14-7-5-12(17)6-8-14/h2-9,13,18H,10-11,17H2,1H3. The molecule has 0 aromatic heterocycles. The zero-order valence-corrected chi connectivity index (χ0v) is 11.9. The van der Waals surface area contributed by atoms with Crippen molar-refractivity contribution < 1.29 is 19.3 Å². The van der Waals surface area contributed by atoms with Gasteiger partial charge in [-0.15, -0.1) is 0 Å². The van der Waals surface area contributed by atoms with Gasteiger partial charge in [0.25, 0.3) is 0 Å². The first-order valence-corrected chi connectivity index (χ1v) is 6.60. The van der Waals surface area contributed by atoms with E-state index in [1.54, 1.807) is 43.5 Å². The van der Waals surface area contributed by atoms with Gasteiger partial charge in [-0.3, -0.25) is 0 Å². The van der Waals surface area contributed by atoms with Crippen LogP contribution in [0.15, 0.2) is 48.5 Å². The van der Waals surface area contributed by atoms with Crippen LogP contribution in [-0.4, -0.2) is 31.5 Å². The third-order valence-electron chi connectivity index (χ3n) is 2.81. The van der Waals surface area contributed by atoms with Crippen LogP contribution in [0.1, 0.15) is 0 Å². The molecule has 0 fully saturated rings. The Labute approximate surface area is 123 Å². The zero-order valence-electron chi connectivity index (χ0n) is 11.9. The number of methoxy groups -OCH3 is 1. The van der Waals surface area contributed by atoms with Crippen molar-refractivity contribution in [3.05, 3.63) is 48.5 Å². The minimum Gasteiger partial charge on any atom is -0.497 e. The van der Waals surface area contributed by atoms with Crippen molar-refractivity contribution in [2.45, 2.75) is 6.10 Å². The number of ether oxygens (including phenoxy) is 3. The molecule has 2 aromatic carbocycles. The average Bonchev–Trinajstić information content (AvgIpc) is 2.52. The Hall–Kier alpha value is -2.40. The molecule has 3 N–H and O–H groups in total. The van der Waals surface area contributed by atoms with E-state index >= 15 is 0 Å². The number of nitrogens with two attached hydrogens (primary N) is 1. The third-order valence-corrected chi connectivity index (χ3v) is 2.81. The maximum atomic E-state index is 9.85. The van der Waals surface area contributed by atoms with Gasteiger partial charge in [0.05, 0.1) is 7.11 Å². The lowest BCUT2D eigenvalue weighted by Gasteiger charge is -2.14. The highest BCUT2D eigenvalue weighted by molar-refractivity contribution is 5.41. The summed E-state index contributed by atoms with van der Waals surface area (Å²) in [6.07, 6.45) is -0.728. The van der Waals surface area contributed by atoms with Crippen molar-refractivity contribution in [1.82, 2.24) is 0 Å². The van der Waals surface area contributed by atoms with E-state index in [9.17, 15) is 5.11 Å². The van der Waals surface area contributed by atoms with Gasteiger partial charge in [0.2, 0.25) is 0 Å². The second kappa shape index (κ2) is 7.40. The fourth-order valence-electron chi connectivity index (χ4n) is 1.69. The van der Waals surface area contributed by atoms with E-state index in [1.165, 1.54) is 0 Å². The number of hydrogen-bond acceptors (Lipinski definition) is 5. The predicted octanol–water partition coefficient (Wildman–Crippen LogP) is 2.10. The maximum absolute atomic E-state index is 9.85. The number of anilines is 1. The average molecular weight is 289 g/mol. The summed E-state index contributed by atoms with van der Waals surface area (Å²) >= 11 is 0. The molecule has 112 valence electrons. The van der Waals surface area contributed by atoms with Crippen LogP contribution in [0.25, 0.3) is 0 Å². The number of rotatable bonds is 7. The third kappa shape index (κ3) is 4.89. The van der Waals surface area contributed by atoms with Gasteiger partial charge in [-0.05, 0) is 36.4 Å². The molecule has 21 heavy (non-hydrogen) atoms. The quantitative estimate of drug-likeness (QED) is 0.764. The first kappa shape index (κ1) is 15.0. The maximum Gasteiger partial charge on any atom is 0.123 e. The van der Waals surface area contributed by atoms with Crippen LogP contribution in [0.4, 0.5) is 5.69 Å². The molecule has 0 amide bonds. The van der Waals surface area contributed by atoms with Crippen molar-refractivity contribution in [1.29, 1.82) is 0 Å². The summed E-state index contributed by atoms with van der Waals surface area (Å²) in [5.41, 5.74) is 6.25. The van der Waals surface area contributed by atoms with E-state index in [1.807, 2.05) is 12.1 Å². The number of aliphatic hydroxyl groups is 1. The van der Waals surface area contributed by atoms with Gasteiger partial charge in [-0.2, -0.15) is 0 Å². The second-order valence-electron chi connectivity index (χ2n) is 4.52. The van der Waals surface area contributed by atoms with Gasteiger partial charge in [-0.1, -0.05) is 6.07 Å². The van der Waals surface area contributed by atoms with Gasteiger partial charge in [-0.25, -0.2) is 0 Å². The number of aliphatic hydroxyl groups excluding tert-OH is 1. The summed E-state index contributed by atoms with van der Waals surface area (Å²) in [6.45, 7) is 0.288. The van der Waals surface area contributed by atoms with Crippen LogP contribution in [-0.2, 0) is 0 Å². The van der Waals surface area contributed by atoms with E-state index in [-0.39, 0.29) is 13.2 Å². The Kier molecular flexibility index (Phi) is 5.29. The molecule has 0 aliphatic heterocycles. The van der Waals surface area contributed by atoms with Crippen molar-refractivity contribution in [3.8, 4) is 17.2 Å². The highest BCUT2D eigenvalue weighted by Crippen LogP contribution is 2.19. The fraction of sp³-hybridized carbons (Fsp3) is 0.250. The number of nitrogen functional groups attached to an aromatic ring is 1. The molecule has 0 aliphatic rings. The Morgan fingerprint density at radius 1 is 0.952 bits per heavy atom. The minimum absolute atomic E-state index is 0.141. The SMILES string of the molecule is COc1cccc(OCC(O)COc2ccc(N)cc2)c1. The van der Waals surface area contributed by atoms with Gasteiger partial charge in [0.1, 0.15) is 36.6 Å². The molecule has 1 atom stereocenters. The Morgan fingerprint density at radius 2 is 1.57 bits per heavy atom. The second-order valence-corrected chi connectivity index (χ2v) is 4.52. The van der Waals surface area contributed by atoms with Crippen LogP contribution in [0.5, 0.6) is 17.2 Å². The summed E-state index contributed by atoms with van der Waals surface area (Å²) in [6, 6.07) is 14.2. The van der Waals surface area contributed by atoms with Gasteiger partial charge >= 0.3 is 0 Å². The molecule has 0 saturated heterocycles. The van der Waals surface area contributed by atoms with Crippen LogP contribution in [0.3, 0.4) is 0 Å². The molecule has 5 nitrogen and oxygen atoms in total. The minimum atomic E-state index is -0.728. The number of benzene rings is 2. The van der Waals surface area contributed by atoms with Crippen LogP contribution < -0.4 is 19.9 Å². The lowest BCUT2D eigenvalue weighted by Crippen LogP contribution is -2.25. The largest absolute Gasteiger partial charge is 0.497 e. The smallest absolute Gasteiger partial charge is 0.123 e.